The minimum atomic E-state index is -3.97. The highest BCUT2D eigenvalue weighted by Crippen LogP contribution is 2.28. The van der Waals surface area contributed by atoms with Crippen LogP contribution >= 0.6 is 34.8 Å². The zero-order valence-electron chi connectivity index (χ0n) is 12.8. The van der Waals surface area contributed by atoms with Gasteiger partial charge in [-0.15, -0.1) is 0 Å². The Kier molecular flexibility index (Phi) is 5.26. The predicted octanol–water partition coefficient (Wildman–Crippen LogP) is 0.699. The quantitative estimate of drug-likeness (QED) is 0.550. The molecule has 1 aliphatic heterocycles. The van der Waals surface area contributed by atoms with Crippen molar-refractivity contribution in [2.45, 2.75) is 11.1 Å². The molecule has 0 amide bonds. The molecule has 2 heterocycles. The van der Waals surface area contributed by atoms with Crippen molar-refractivity contribution in [3.63, 3.8) is 0 Å². The summed E-state index contributed by atoms with van der Waals surface area (Å²) in [6, 6.07) is 4.03. The summed E-state index contributed by atoms with van der Waals surface area (Å²) in [7, 11) is -3.97. The molecule has 0 radical (unpaired) electrons. The van der Waals surface area contributed by atoms with E-state index in [4.69, 9.17) is 40.2 Å². The number of nitrogens with one attached hydrogen (secondary N) is 1. The van der Waals surface area contributed by atoms with Crippen LogP contribution in [0.5, 0.6) is 0 Å². The number of halogens is 3. The van der Waals surface area contributed by atoms with Crippen LogP contribution in [0.15, 0.2) is 32.8 Å². The van der Waals surface area contributed by atoms with Gasteiger partial charge >= 0.3 is 10.7 Å². The molecule has 140 valence electrons. The number of hydrogen-bond acceptors (Lipinski definition) is 7. The molecule has 1 fully saturated rings. The Morgan fingerprint density at radius 3 is 2.62 bits per heavy atom. The SMILES string of the molecule is N=c1o[n-][n+](N2CCN(S(=O)(=O)c3ccc(Cl)cc3Cl)CC2N=O)c1Cl. The molecule has 26 heavy (non-hydrogen) atoms. The Bertz CT molecular complexity index is 1010. The van der Waals surface area contributed by atoms with Crippen LogP contribution in [0.4, 0.5) is 0 Å². The van der Waals surface area contributed by atoms with Crippen LogP contribution < -0.4 is 20.6 Å². The summed E-state index contributed by atoms with van der Waals surface area (Å²) in [5.41, 5.74) is -0.390. The van der Waals surface area contributed by atoms with Gasteiger partial charge in [0, 0.05) is 24.7 Å². The highest BCUT2D eigenvalue weighted by molar-refractivity contribution is 7.89. The van der Waals surface area contributed by atoms with Gasteiger partial charge in [-0.2, -0.15) is 9.21 Å². The molecule has 1 N–H and O–H groups in total. The number of aromatic nitrogens is 2. The summed E-state index contributed by atoms with van der Waals surface area (Å²) >= 11 is 17.7. The van der Waals surface area contributed by atoms with Gasteiger partial charge in [0.05, 0.1) is 5.02 Å². The molecule has 14 heteroatoms. The number of benzene rings is 1. The highest BCUT2D eigenvalue weighted by Gasteiger charge is 2.37. The largest absolute Gasteiger partial charge is 0.379 e. The molecule has 1 aromatic carbocycles. The average Bonchev–Trinajstić information content (AvgIpc) is 2.93. The Morgan fingerprint density at radius 1 is 1.31 bits per heavy atom. The van der Waals surface area contributed by atoms with E-state index in [0.29, 0.717) is 5.02 Å². The number of nitroso groups, excluding NO2 is 1. The second-order valence-corrected chi connectivity index (χ2v) is 8.38. The van der Waals surface area contributed by atoms with Crippen molar-refractivity contribution < 1.29 is 17.7 Å². The van der Waals surface area contributed by atoms with E-state index in [0.717, 1.165) is 9.10 Å². The molecule has 3 rings (SSSR count). The fourth-order valence-electron chi connectivity index (χ4n) is 2.48. The van der Waals surface area contributed by atoms with Gasteiger partial charge in [0.15, 0.2) is 6.17 Å². The summed E-state index contributed by atoms with van der Waals surface area (Å²) in [5.74, 6) is 0. The predicted molar refractivity (Wildman–Crippen MR) is 91.0 cm³/mol. The maximum absolute atomic E-state index is 12.8. The minimum absolute atomic E-state index is 0.0107. The Hall–Kier alpha value is -1.66. The third-order valence-electron chi connectivity index (χ3n) is 3.74. The molecule has 10 nitrogen and oxygen atoms in total. The lowest BCUT2D eigenvalue weighted by molar-refractivity contribution is -0.766. The third-order valence-corrected chi connectivity index (χ3v) is 6.64. The van der Waals surface area contributed by atoms with E-state index in [9.17, 15) is 13.3 Å². The number of nitrogens with zero attached hydrogens (tertiary/aromatic N) is 5. The van der Waals surface area contributed by atoms with Gasteiger partial charge in [-0.3, -0.25) is 5.41 Å². The first-order chi connectivity index (χ1) is 12.3. The second kappa shape index (κ2) is 7.16. The van der Waals surface area contributed by atoms with Gasteiger partial charge in [-0.05, 0) is 35.1 Å². The van der Waals surface area contributed by atoms with Crippen molar-refractivity contribution in [1.29, 1.82) is 5.41 Å². The van der Waals surface area contributed by atoms with Gasteiger partial charge in [0.2, 0.25) is 10.0 Å². The molecule has 1 aliphatic rings. The normalized spacial score (nSPS) is 18.9. The van der Waals surface area contributed by atoms with Crippen LogP contribution in [0.1, 0.15) is 0 Å². The van der Waals surface area contributed by atoms with E-state index in [1.54, 1.807) is 0 Å². The van der Waals surface area contributed by atoms with Crippen molar-refractivity contribution in [1.82, 2.24) is 9.58 Å². The molecule has 2 aromatic rings. The number of rotatable bonds is 4. The van der Waals surface area contributed by atoms with E-state index in [1.807, 2.05) is 0 Å². The van der Waals surface area contributed by atoms with Crippen LogP contribution in [0, 0.1) is 10.3 Å². The Morgan fingerprint density at radius 2 is 2.04 bits per heavy atom. The van der Waals surface area contributed by atoms with E-state index in [2.05, 4.69) is 15.0 Å². The summed E-state index contributed by atoms with van der Waals surface area (Å²) in [6.45, 7) is -0.206. The van der Waals surface area contributed by atoms with Crippen molar-refractivity contribution in [2.75, 3.05) is 24.6 Å². The molecular weight excluding hydrogens is 431 g/mol. The lowest BCUT2D eigenvalue weighted by Gasteiger charge is -2.37. The van der Waals surface area contributed by atoms with Gasteiger partial charge in [0.1, 0.15) is 4.90 Å². The monoisotopic (exact) mass is 440 g/mol. The standard InChI is InChI=1S/C12H11Cl3N6O4S/c13-7-1-2-9(8(14)5-7)26(23,24)19-3-4-20(10(6-19)17-22)21-11(15)12(16)25-18-21/h1-2,5,10,16H,3-4,6H2. The molecule has 1 saturated heterocycles. The fourth-order valence-corrected chi connectivity index (χ4v) is 4.82. The van der Waals surface area contributed by atoms with Gasteiger partial charge < -0.3 is 4.52 Å². The zero-order chi connectivity index (χ0) is 19.1. The molecule has 0 saturated carbocycles. The maximum atomic E-state index is 12.8. The van der Waals surface area contributed by atoms with Crippen LogP contribution in [0.3, 0.4) is 0 Å². The molecule has 1 unspecified atom stereocenters. The smallest absolute Gasteiger partial charge is 0.360 e. The topological polar surface area (TPSA) is 125 Å². The van der Waals surface area contributed by atoms with Crippen molar-refractivity contribution in [2.24, 2.45) is 5.18 Å². The number of piperazine rings is 1. The second-order valence-electron chi connectivity index (χ2n) is 5.27. The fraction of sp³-hybridized carbons (Fsp3) is 0.333. The van der Waals surface area contributed by atoms with Gasteiger partial charge in [0.25, 0.3) is 0 Å². The van der Waals surface area contributed by atoms with Crippen molar-refractivity contribution in [3.8, 4) is 0 Å². The van der Waals surface area contributed by atoms with Crippen molar-refractivity contribution in [3.05, 3.63) is 43.9 Å². The summed E-state index contributed by atoms with van der Waals surface area (Å²) in [6.07, 6.45) is -1.13. The van der Waals surface area contributed by atoms with Gasteiger partial charge in [-0.1, -0.05) is 33.2 Å². The third kappa shape index (κ3) is 3.32. The molecule has 0 spiro atoms. The van der Waals surface area contributed by atoms with Crippen LogP contribution in [-0.2, 0) is 10.0 Å². The lowest BCUT2D eigenvalue weighted by Crippen LogP contribution is -2.71. The molecular formula is C12H11Cl3N6O4S. The first kappa shape index (κ1) is 19.1. The molecule has 0 bridgehead atoms. The summed E-state index contributed by atoms with van der Waals surface area (Å²) in [5, 5.41) is 15.4. The number of sulfonamides is 1. The number of hydrogen-bond donors (Lipinski definition) is 1. The molecule has 0 aliphatic carbocycles. The van der Waals surface area contributed by atoms with Crippen LogP contribution in [0.2, 0.25) is 15.2 Å². The minimum Gasteiger partial charge on any atom is -0.379 e. The Labute approximate surface area is 162 Å². The first-order valence-electron chi connectivity index (χ1n) is 7.09. The molecule has 1 aromatic heterocycles. The van der Waals surface area contributed by atoms with Crippen molar-refractivity contribution >= 4 is 44.8 Å². The van der Waals surface area contributed by atoms with Gasteiger partial charge in [-0.25, -0.2) is 13.4 Å². The van der Waals surface area contributed by atoms with E-state index in [1.165, 1.54) is 23.2 Å². The highest BCUT2D eigenvalue weighted by atomic mass is 35.5. The zero-order valence-corrected chi connectivity index (χ0v) is 15.9. The maximum Gasteiger partial charge on any atom is 0.360 e. The van der Waals surface area contributed by atoms with E-state index < -0.39 is 16.2 Å². The first-order valence-corrected chi connectivity index (χ1v) is 9.67. The average molecular weight is 442 g/mol. The summed E-state index contributed by atoms with van der Waals surface area (Å²) in [4.78, 5) is 12.2. The Balaban J connectivity index is 1.89. The van der Waals surface area contributed by atoms with E-state index in [-0.39, 0.29) is 40.3 Å². The molecule has 1 atom stereocenters. The lowest BCUT2D eigenvalue weighted by atomic mass is 10.3. The van der Waals surface area contributed by atoms with Crippen LogP contribution in [-0.4, -0.2) is 38.5 Å². The van der Waals surface area contributed by atoms with Crippen LogP contribution in [0.25, 0.3) is 0 Å². The summed E-state index contributed by atoms with van der Waals surface area (Å²) < 4.78 is 31.4. The van der Waals surface area contributed by atoms with E-state index >= 15 is 0 Å².